The number of nitrogens with two attached hydrogens (primary N) is 1. The van der Waals surface area contributed by atoms with Crippen molar-refractivity contribution in [2.45, 2.75) is 12.6 Å². The molecule has 0 amide bonds. The van der Waals surface area contributed by atoms with Crippen LogP contribution >= 0.6 is 11.3 Å². The van der Waals surface area contributed by atoms with Crippen molar-refractivity contribution < 1.29 is 0 Å². The molecule has 0 aromatic carbocycles. The van der Waals surface area contributed by atoms with Crippen LogP contribution in [0.4, 0.5) is 10.9 Å². The van der Waals surface area contributed by atoms with Crippen LogP contribution in [0.1, 0.15) is 10.9 Å². The van der Waals surface area contributed by atoms with Gasteiger partial charge in [-0.2, -0.15) is 5.10 Å². The van der Waals surface area contributed by atoms with Crippen LogP contribution in [-0.2, 0) is 6.54 Å². The second-order valence-electron chi connectivity index (χ2n) is 3.99. The molecule has 0 radical (unpaired) electrons. The average Bonchev–Trinajstić information content (AvgIpc) is 2.82. The van der Waals surface area contributed by atoms with Gasteiger partial charge in [-0.1, -0.05) is 0 Å². The highest BCUT2D eigenvalue weighted by Gasteiger charge is 2.21. The third-order valence-electron chi connectivity index (χ3n) is 2.79. The van der Waals surface area contributed by atoms with Gasteiger partial charge in [0.2, 0.25) is 0 Å². The molecule has 7 heteroatoms. The van der Waals surface area contributed by atoms with Crippen molar-refractivity contribution in [1.29, 1.82) is 0 Å². The fourth-order valence-electron chi connectivity index (χ4n) is 1.77. The Balaban J connectivity index is 1.66. The minimum atomic E-state index is 0.471. The maximum Gasteiger partial charge on any atom is 0.180 e. The number of anilines is 2. The minimum Gasteiger partial charge on any atom is -0.375 e. The van der Waals surface area contributed by atoms with Gasteiger partial charge < -0.3 is 16.4 Å². The topological polar surface area (TPSA) is 80.8 Å². The maximum absolute atomic E-state index is 5.59. The predicted octanol–water partition coefficient (Wildman–Crippen LogP) is 0.678. The molecule has 0 bridgehead atoms. The third-order valence-corrected chi connectivity index (χ3v) is 3.62. The Morgan fingerprint density at radius 2 is 2.47 bits per heavy atom. The zero-order chi connectivity index (χ0) is 11.7. The van der Waals surface area contributed by atoms with Crippen molar-refractivity contribution in [2.24, 2.45) is 0 Å². The van der Waals surface area contributed by atoms with Crippen LogP contribution in [0.5, 0.6) is 0 Å². The molecule has 0 unspecified atom stereocenters. The van der Waals surface area contributed by atoms with Crippen molar-refractivity contribution in [1.82, 2.24) is 20.1 Å². The highest BCUT2D eigenvalue weighted by atomic mass is 32.1. The van der Waals surface area contributed by atoms with Crippen LogP contribution in [0.3, 0.4) is 0 Å². The molecule has 0 saturated carbocycles. The highest BCUT2D eigenvalue weighted by Crippen LogP contribution is 2.20. The van der Waals surface area contributed by atoms with E-state index in [1.54, 1.807) is 6.20 Å². The molecule has 3 heterocycles. The maximum atomic E-state index is 5.59. The van der Waals surface area contributed by atoms with E-state index in [1.807, 2.05) is 16.9 Å². The van der Waals surface area contributed by atoms with Crippen LogP contribution in [0, 0.1) is 0 Å². The lowest BCUT2D eigenvalue weighted by molar-refractivity contribution is 0.321. The molecule has 2 aromatic rings. The van der Waals surface area contributed by atoms with Crippen molar-refractivity contribution >= 4 is 22.3 Å². The minimum absolute atomic E-state index is 0.471. The lowest BCUT2D eigenvalue weighted by Gasteiger charge is -2.28. The lowest BCUT2D eigenvalue weighted by Crippen LogP contribution is -2.44. The highest BCUT2D eigenvalue weighted by molar-refractivity contribution is 7.15. The van der Waals surface area contributed by atoms with E-state index in [-0.39, 0.29) is 0 Å². The van der Waals surface area contributed by atoms with E-state index in [0.717, 1.165) is 30.3 Å². The summed E-state index contributed by atoms with van der Waals surface area (Å²) in [6.07, 6.45) is 3.63. The predicted molar refractivity (Wildman–Crippen MR) is 68.0 cm³/mol. The molecule has 1 aliphatic heterocycles. The Morgan fingerprint density at radius 3 is 3.12 bits per heavy atom. The van der Waals surface area contributed by atoms with Crippen LogP contribution in [0.25, 0.3) is 0 Å². The van der Waals surface area contributed by atoms with Crippen molar-refractivity contribution in [3.8, 4) is 0 Å². The molecule has 3 rings (SSSR count). The first-order valence-electron chi connectivity index (χ1n) is 5.51. The molecular weight excluding hydrogens is 236 g/mol. The fourth-order valence-corrected chi connectivity index (χ4v) is 2.40. The third kappa shape index (κ3) is 2.11. The quantitative estimate of drug-likeness (QED) is 0.743. The zero-order valence-corrected chi connectivity index (χ0v) is 10.1. The number of thiazole rings is 1. The first-order chi connectivity index (χ1) is 8.33. The van der Waals surface area contributed by atoms with Gasteiger partial charge in [0.25, 0.3) is 0 Å². The summed E-state index contributed by atoms with van der Waals surface area (Å²) in [5.74, 6) is 1.04. The van der Waals surface area contributed by atoms with Gasteiger partial charge in [0.15, 0.2) is 5.13 Å². The first kappa shape index (κ1) is 10.5. The Hall–Kier alpha value is -1.60. The smallest absolute Gasteiger partial charge is 0.180 e. The van der Waals surface area contributed by atoms with E-state index in [9.17, 15) is 0 Å². The molecule has 2 aromatic heterocycles. The fraction of sp³-hybridized carbons (Fsp3) is 0.400. The van der Waals surface area contributed by atoms with E-state index in [0.29, 0.717) is 11.2 Å². The van der Waals surface area contributed by atoms with E-state index in [1.165, 1.54) is 11.3 Å². The number of hydrogen-bond donors (Lipinski definition) is 3. The van der Waals surface area contributed by atoms with Crippen molar-refractivity contribution in [2.75, 3.05) is 24.1 Å². The summed E-state index contributed by atoms with van der Waals surface area (Å²) in [5.41, 5.74) is 5.59. The van der Waals surface area contributed by atoms with E-state index in [2.05, 4.69) is 20.7 Å². The van der Waals surface area contributed by atoms with Gasteiger partial charge in [0.05, 0.1) is 18.8 Å². The molecule has 1 fully saturated rings. The second kappa shape index (κ2) is 4.34. The number of nitrogens with one attached hydrogen (secondary N) is 2. The molecule has 4 N–H and O–H groups in total. The Labute approximate surface area is 103 Å². The Kier molecular flexibility index (Phi) is 2.69. The van der Waals surface area contributed by atoms with Crippen LogP contribution in [0.2, 0.25) is 0 Å². The summed E-state index contributed by atoms with van der Waals surface area (Å²) in [4.78, 5) is 5.15. The standard InChI is InChI=1S/C10H14N6S/c11-10-14-6-8(17-10)5-13-9-1-2-15-16(9)7-3-12-4-7/h1-2,6-7,12-13H,3-5H2,(H2,11,14). The van der Waals surface area contributed by atoms with Crippen molar-refractivity contribution in [3.05, 3.63) is 23.3 Å². The SMILES string of the molecule is Nc1ncc(CNc2ccnn2C2CNC2)s1. The number of rotatable bonds is 4. The molecule has 17 heavy (non-hydrogen) atoms. The van der Waals surface area contributed by atoms with E-state index in [4.69, 9.17) is 5.73 Å². The van der Waals surface area contributed by atoms with Gasteiger partial charge in [0.1, 0.15) is 5.82 Å². The molecule has 1 saturated heterocycles. The lowest BCUT2D eigenvalue weighted by atomic mass is 10.2. The van der Waals surface area contributed by atoms with Gasteiger partial charge in [0, 0.05) is 30.2 Å². The number of hydrogen-bond acceptors (Lipinski definition) is 6. The van der Waals surface area contributed by atoms with E-state index < -0.39 is 0 Å². The molecule has 0 atom stereocenters. The number of nitrogens with zero attached hydrogens (tertiary/aromatic N) is 3. The van der Waals surface area contributed by atoms with E-state index >= 15 is 0 Å². The second-order valence-corrected chi connectivity index (χ2v) is 5.14. The zero-order valence-electron chi connectivity index (χ0n) is 9.26. The van der Waals surface area contributed by atoms with Crippen molar-refractivity contribution in [3.63, 3.8) is 0 Å². The summed E-state index contributed by atoms with van der Waals surface area (Å²) >= 11 is 1.51. The molecule has 1 aliphatic rings. The molecular formula is C10H14N6S. The van der Waals surface area contributed by atoms with Crippen LogP contribution in [-0.4, -0.2) is 27.9 Å². The first-order valence-corrected chi connectivity index (χ1v) is 6.33. The Morgan fingerprint density at radius 1 is 1.59 bits per heavy atom. The molecule has 90 valence electrons. The normalized spacial score (nSPS) is 15.8. The van der Waals surface area contributed by atoms with Gasteiger partial charge in [-0.15, -0.1) is 11.3 Å². The molecule has 0 aliphatic carbocycles. The largest absolute Gasteiger partial charge is 0.375 e. The van der Waals surface area contributed by atoms with Gasteiger partial charge in [-0.05, 0) is 0 Å². The summed E-state index contributed by atoms with van der Waals surface area (Å²) in [6, 6.07) is 2.46. The van der Waals surface area contributed by atoms with Crippen LogP contribution < -0.4 is 16.4 Å². The molecule has 6 nitrogen and oxygen atoms in total. The number of aromatic nitrogens is 3. The summed E-state index contributed by atoms with van der Waals surface area (Å²) in [7, 11) is 0. The number of nitrogen functional groups attached to an aromatic ring is 1. The average molecular weight is 250 g/mol. The van der Waals surface area contributed by atoms with Gasteiger partial charge in [-0.3, -0.25) is 0 Å². The van der Waals surface area contributed by atoms with Crippen LogP contribution in [0.15, 0.2) is 18.5 Å². The Bertz CT molecular complexity index is 500. The van der Waals surface area contributed by atoms with Gasteiger partial charge in [-0.25, -0.2) is 9.67 Å². The van der Waals surface area contributed by atoms with Gasteiger partial charge >= 0.3 is 0 Å². The molecule has 0 spiro atoms. The summed E-state index contributed by atoms with van der Waals surface area (Å²) in [5, 5.41) is 11.5. The summed E-state index contributed by atoms with van der Waals surface area (Å²) in [6.45, 7) is 2.72. The summed E-state index contributed by atoms with van der Waals surface area (Å²) < 4.78 is 2.03. The monoisotopic (exact) mass is 250 g/mol.